The zero-order chi connectivity index (χ0) is 13.0. The fourth-order valence-corrected chi connectivity index (χ4v) is 3.12. The van der Waals surface area contributed by atoms with Gasteiger partial charge in [-0.05, 0) is 55.9 Å². The van der Waals surface area contributed by atoms with Crippen molar-refractivity contribution in [2.45, 2.75) is 44.6 Å². The van der Waals surface area contributed by atoms with E-state index < -0.39 is 0 Å². The monoisotopic (exact) mass is 310 g/mol. The first kappa shape index (κ1) is 13.9. The summed E-state index contributed by atoms with van der Waals surface area (Å²) in [5.41, 5.74) is 7.32. The van der Waals surface area contributed by atoms with Crippen LogP contribution in [-0.2, 0) is 0 Å². The summed E-state index contributed by atoms with van der Waals surface area (Å²) in [5.74, 6) is 0.899. The SMILES string of the molecule is CCC1CCC(CN)(Nc2ccc(Br)cc2)CC1. The first-order chi connectivity index (χ1) is 8.67. The molecule has 2 nitrogen and oxygen atoms in total. The van der Waals surface area contributed by atoms with Crippen molar-refractivity contribution >= 4 is 21.6 Å². The number of hydrogen-bond acceptors (Lipinski definition) is 2. The molecule has 18 heavy (non-hydrogen) atoms. The van der Waals surface area contributed by atoms with Crippen molar-refractivity contribution < 1.29 is 0 Å². The average Bonchev–Trinajstić information content (AvgIpc) is 2.42. The first-order valence-electron chi connectivity index (χ1n) is 6.91. The predicted molar refractivity (Wildman–Crippen MR) is 81.8 cm³/mol. The molecule has 1 saturated carbocycles. The Balaban J connectivity index is 2.03. The van der Waals surface area contributed by atoms with Gasteiger partial charge in [-0.15, -0.1) is 0 Å². The van der Waals surface area contributed by atoms with Crippen LogP contribution in [0.25, 0.3) is 0 Å². The van der Waals surface area contributed by atoms with Crippen molar-refractivity contribution in [3.8, 4) is 0 Å². The highest BCUT2D eigenvalue weighted by molar-refractivity contribution is 9.10. The third-order valence-corrected chi connectivity index (χ3v) is 4.81. The molecule has 0 heterocycles. The fraction of sp³-hybridized carbons (Fsp3) is 0.600. The van der Waals surface area contributed by atoms with E-state index in [2.05, 4.69) is 52.4 Å². The van der Waals surface area contributed by atoms with E-state index in [1.54, 1.807) is 0 Å². The van der Waals surface area contributed by atoms with Gasteiger partial charge in [-0.2, -0.15) is 0 Å². The summed E-state index contributed by atoms with van der Waals surface area (Å²) in [5, 5.41) is 3.67. The molecule has 2 rings (SSSR count). The van der Waals surface area contributed by atoms with Crippen LogP contribution < -0.4 is 11.1 Å². The average molecular weight is 311 g/mol. The number of nitrogens with one attached hydrogen (secondary N) is 1. The Hall–Kier alpha value is -0.540. The third kappa shape index (κ3) is 3.27. The minimum atomic E-state index is 0.111. The summed E-state index contributed by atoms with van der Waals surface area (Å²) < 4.78 is 1.12. The molecule has 100 valence electrons. The summed E-state index contributed by atoms with van der Waals surface area (Å²) in [4.78, 5) is 0. The topological polar surface area (TPSA) is 38.0 Å². The Kier molecular flexibility index (Phi) is 4.68. The highest BCUT2D eigenvalue weighted by Gasteiger charge is 2.33. The van der Waals surface area contributed by atoms with E-state index in [1.807, 2.05) is 0 Å². The largest absolute Gasteiger partial charge is 0.378 e. The molecule has 3 heteroatoms. The molecule has 0 unspecified atom stereocenters. The van der Waals surface area contributed by atoms with Crippen molar-refractivity contribution in [3.05, 3.63) is 28.7 Å². The maximum atomic E-state index is 6.03. The van der Waals surface area contributed by atoms with Crippen LogP contribution >= 0.6 is 15.9 Å². The lowest BCUT2D eigenvalue weighted by molar-refractivity contribution is 0.253. The van der Waals surface area contributed by atoms with Gasteiger partial charge in [0, 0.05) is 22.2 Å². The summed E-state index contributed by atoms with van der Waals surface area (Å²) in [7, 11) is 0. The molecule has 1 aliphatic rings. The molecule has 0 atom stereocenters. The lowest BCUT2D eigenvalue weighted by atomic mass is 9.75. The maximum Gasteiger partial charge on any atom is 0.0495 e. The van der Waals surface area contributed by atoms with E-state index in [4.69, 9.17) is 5.73 Å². The highest BCUT2D eigenvalue weighted by Crippen LogP contribution is 2.35. The van der Waals surface area contributed by atoms with Crippen molar-refractivity contribution in [2.75, 3.05) is 11.9 Å². The van der Waals surface area contributed by atoms with Crippen LogP contribution in [0, 0.1) is 5.92 Å². The summed E-state index contributed by atoms with van der Waals surface area (Å²) in [6, 6.07) is 8.38. The number of halogens is 1. The molecule has 1 aromatic rings. The summed E-state index contributed by atoms with van der Waals surface area (Å²) >= 11 is 3.47. The van der Waals surface area contributed by atoms with Crippen molar-refractivity contribution in [3.63, 3.8) is 0 Å². The van der Waals surface area contributed by atoms with Gasteiger partial charge in [0.05, 0.1) is 0 Å². The van der Waals surface area contributed by atoms with Crippen LogP contribution in [0.2, 0.25) is 0 Å². The first-order valence-corrected chi connectivity index (χ1v) is 7.70. The predicted octanol–water partition coefficient (Wildman–Crippen LogP) is 4.16. The van der Waals surface area contributed by atoms with Crippen LogP contribution in [0.4, 0.5) is 5.69 Å². The van der Waals surface area contributed by atoms with Gasteiger partial charge in [-0.1, -0.05) is 29.3 Å². The molecule has 0 bridgehead atoms. The van der Waals surface area contributed by atoms with Gasteiger partial charge in [0.25, 0.3) is 0 Å². The van der Waals surface area contributed by atoms with E-state index in [9.17, 15) is 0 Å². The molecular weight excluding hydrogens is 288 g/mol. The van der Waals surface area contributed by atoms with Crippen molar-refractivity contribution in [1.29, 1.82) is 0 Å². The second-order valence-corrected chi connectivity index (χ2v) is 6.38. The highest BCUT2D eigenvalue weighted by atomic mass is 79.9. The number of benzene rings is 1. The molecule has 3 N–H and O–H groups in total. The molecule has 0 amide bonds. The van der Waals surface area contributed by atoms with Crippen LogP contribution in [0.5, 0.6) is 0 Å². The van der Waals surface area contributed by atoms with Crippen LogP contribution in [-0.4, -0.2) is 12.1 Å². The Morgan fingerprint density at radius 3 is 2.39 bits per heavy atom. The minimum Gasteiger partial charge on any atom is -0.378 e. The summed E-state index contributed by atoms with van der Waals surface area (Å²) in [6.45, 7) is 3.02. The summed E-state index contributed by atoms with van der Waals surface area (Å²) in [6.07, 6.45) is 6.30. The fourth-order valence-electron chi connectivity index (χ4n) is 2.86. The van der Waals surface area contributed by atoms with Gasteiger partial charge in [0.2, 0.25) is 0 Å². The molecular formula is C15H23BrN2. The molecule has 0 aromatic heterocycles. The van der Waals surface area contributed by atoms with E-state index in [1.165, 1.54) is 37.8 Å². The lowest BCUT2D eigenvalue weighted by Gasteiger charge is -2.40. The maximum absolute atomic E-state index is 6.03. The second kappa shape index (κ2) is 6.07. The molecule has 1 aliphatic carbocycles. The van der Waals surface area contributed by atoms with Crippen molar-refractivity contribution in [1.82, 2.24) is 0 Å². The number of hydrogen-bond donors (Lipinski definition) is 2. The Morgan fingerprint density at radius 2 is 1.89 bits per heavy atom. The van der Waals surface area contributed by atoms with Crippen molar-refractivity contribution in [2.24, 2.45) is 11.7 Å². The van der Waals surface area contributed by atoms with E-state index in [0.29, 0.717) is 0 Å². The molecule has 0 aliphatic heterocycles. The van der Waals surface area contributed by atoms with E-state index in [0.717, 1.165) is 16.9 Å². The molecule has 1 aromatic carbocycles. The number of anilines is 1. The van der Waals surface area contributed by atoms with E-state index in [-0.39, 0.29) is 5.54 Å². The van der Waals surface area contributed by atoms with Gasteiger partial charge in [0.1, 0.15) is 0 Å². The van der Waals surface area contributed by atoms with Gasteiger partial charge in [-0.25, -0.2) is 0 Å². The normalized spacial score (nSPS) is 28.1. The zero-order valence-corrected chi connectivity index (χ0v) is 12.7. The molecule has 0 saturated heterocycles. The molecule has 0 spiro atoms. The lowest BCUT2D eigenvalue weighted by Crippen LogP contribution is -2.48. The second-order valence-electron chi connectivity index (χ2n) is 5.47. The third-order valence-electron chi connectivity index (χ3n) is 4.28. The Labute approximate surface area is 118 Å². The Bertz CT molecular complexity index is 367. The minimum absolute atomic E-state index is 0.111. The van der Waals surface area contributed by atoms with Crippen LogP contribution in [0.1, 0.15) is 39.0 Å². The molecule has 1 fully saturated rings. The van der Waals surface area contributed by atoms with Gasteiger partial charge in [-0.3, -0.25) is 0 Å². The Morgan fingerprint density at radius 1 is 1.28 bits per heavy atom. The van der Waals surface area contributed by atoms with Crippen LogP contribution in [0.15, 0.2) is 28.7 Å². The van der Waals surface area contributed by atoms with Gasteiger partial charge >= 0.3 is 0 Å². The van der Waals surface area contributed by atoms with E-state index >= 15 is 0 Å². The van der Waals surface area contributed by atoms with Gasteiger partial charge < -0.3 is 11.1 Å². The van der Waals surface area contributed by atoms with Crippen LogP contribution in [0.3, 0.4) is 0 Å². The number of rotatable bonds is 4. The number of nitrogens with two attached hydrogens (primary N) is 1. The standard InChI is InChI=1S/C15H23BrN2/c1-2-12-7-9-15(11-17,10-8-12)18-14-5-3-13(16)4-6-14/h3-6,12,18H,2,7-11,17H2,1H3. The quantitative estimate of drug-likeness (QED) is 0.876. The smallest absolute Gasteiger partial charge is 0.0495 e. The zero-order valence-electron chi connectivity index (χ0n) is 11.1. The molecule has 0 radical (unpaired) electrons. The van der Waals surface area contributed by atoms with Gasteiger partial charge in [0.15, 0.2) is 0 Å².